The number of carbonyl (C=O) groups excluding carboxylic acids is 1. The maximum Gasteiger partial charge on any atom is 0.239 e. The molecule has 2 N–H and O–H groups in total. The van der Waals surface area contributed by atoms with Gasteiger partial charge in [-0.3, -0.25) is 4.79 Å². The standard InChI is InChI=1S/C7H13N5O2/c8-12-11-2-1-10-7(13)6-5-14-4-3-9-6/h6,9H,1-5H2,(H,10,13)/t6-/m1/s1. The number of ether oxygens (including phenoxy) is 1. The molecule has 1 atom stereocenters. The second kappa shape index (κ2) is 6.20. The number of hydrogen-bond donors (Lipinski definition) is 2. The molecule has 0 aromatic rings. The minimum atomic E-state index is -0.283. The van der Waals surface area contributed by atoms with Crippen molar-refractivity contribution in [3.8, 4) is 0 Å². The Labute approximate surface area is 81.4 Å². The van der Waals surface area contributed by atoms with Crippen molar-refractivity contribution in [1.82, 2.24) is 10.6 Å². The Morgan fingerprint density at radius 1 is 1.79 bits per heavy atom. The largest absolute Gasteiger partial charge is 0.378 e. The molecule has 1 rings (SSSR count). The molecule has 14 heavy (non-hydrogen) atoms. The van der Waals surface area contributed by atoms with Crippen LogP contribution in [0.2, 0.25) is 0 Å². The second-order valence-electron chi connectivity index (χ2n) is 2.83. The normalized spacial score (nSPS) is 21.0. The smallest absolute Gasteiger partial charge is 0.239 e. The van der Waals surface area contributed by atoms with Crippen LogP contribution in [0, 0.1) is 0 Å². The molecule has 1 amide bonds. The summed E-state index contributed by atoms with van der Waals surface area (Å²) < 4.78 is 5.13. The van der Waals surface area contributed by atoms with Gasteiger partial charge in [0.2, 0.25) is 5.91 Å². The van der Waals surface area contributed by atoms with Gasteiger partial charge in [0, 0.05) is 24.5 Å². The Bertz CT molecular complexity index is 232. The fourth-order valence-electron chi connectivity index (χ4n) is 1.13. The van der Waals surface area contributed by atoms with Crippen molar-refractivity contribution < 1.29 is 9.53 Å². The first-order valence-electron chi connectivity index (χ1n) is 4.44. The molecular weight excluding hydrogens is 186 g/mol. The summed E-state index contributed by atoms with van der Waals surface area (Å²) in [7, 11) is 0. The summed E-state index contributed by atoms with van der Waals surface area (Å²) in [6.45, 7) is 2.36. The molecule has 0 aromatic heterocycles. The van der Waals surface area contributed by atoms with E-state index in [2.05, 4.69) is 20.7 Å². The van der Waals surface area contributed by atoms with Crippen molar-refractivity contribution in [3.05, 3.63) is 10.4 Å². The molecule has 0 bridgehead atoms. The number of morpholine rings is 1. The van der Waals surface area contributed by atoms with E-state index in [1.165, 1.54) is 0 Å². The zero-order chi connectivity index (χ0) is 10.2. The van der Waals surface area contributed by atoms with E-state index in [4.69, 9.17) is 10.3 Å². The van der Waals surface area contributed by atoms with Gasteiger partial charge in [-0.1, -0.05) is 5.11 Å². The minimum absolute atomic E-state index is 0.113. The monoisotopic (exact) mass is 199 g/mol. The van der Waals surface area contributed by atoms with E-state index < -0.39 is 0 Å². The van der Waals surface area contributed by atoms with Crippen molar-refractivity contribution in [2.24, 2.45) is 5.11 Å². The van der Waals surface area contributed by atoms with Gasteiger partial charge in [0.25, 0.3) is 0 Å². The van der Waals surface area contributed by atoms with Gasteiger partial charge >= 0.3 is 0 Å². The molecular formula is C7H13N5O2. The third-order valence-corrected chi connectivity index (χ3v) is 1.81. The highest BCUT2D eigenvalue weighted by atomic mass is 16.5. The van der Waals surface area contributed by atoms with Gasteiger partial charge in [0.05, 0.1) is 13.2 Å². The molecule has 1 heterocycles. The molecule has 0 saturated carbocycles. The van der Waals surface area contributed by atoms with Gasteiger partial charge in [0.15, 0.2) is 0 Å². The average molecular weight is 199 g/mol. The molecule has 1 aliphatic rings. The summed E-state index contributed by atoms with van der Waals surface area (Å²) in [5.74, 6) is -0.113. The Balaban J connectivity index is 2.16. The molecule has 0 aromatic carbocycles. The molecule has 7 nitrogen and oxygen atoms in total. The first-order chi connectivity index (χ1) is 6.84. The van der Waals surface area contributed by atoms with Crippen LogP contribution in [0.25, 0.3) is 10.4 Å². The summed E-state index contributed by atoms with van der Waals surface area (Å²) in [6.07, 6.45) is 0. The summed E-state index contributed by atoms with van der Waals surface area (Å²) in [4.78, 5) is 14.0. The van der Waals surface area contributed by atoms with Crippen LogP contribution < -0.4 is 10.6 Å². The molecule has 0 radical (unpaired) electrons. The zero-order valence-corrected chi connectivity index (χ0v) is 7.77. The summed E-state index contributed by atoms with van der Waals surface area (Å²) >= 11 is 0. The zero-order valence-electron chi connectivity index (χ0n) is 7.77. The van der Waals surface area contributed by atoms with Crippen molar-refractivity contribution in [2.45, 2.75) is 6.04 Å². The maximum atomic E-state index is 11.4. The highest BCUT2D eigenvalue weighted by Gasteiger charge is 2.20. The van der Waals surface area contributed by atoms with Crippen molar-refractivity contribution in [2.75, 3.05) is 32.8 Å². The van der Waals surface area contributed by atoms with Crippen molar-refractivity contribution in [1.29, 1.82) is 0 Å². The predicted molar refractivity (Wildman–Crippen MR) is 49.6 cm³/mol. The summed E-state index contributed by atoms with van der Waals surface area (Å²) in [6, 6.07) is -0.283. The molecule has 7 heteroatoms. The minimum Gasteiger partial charge on any atom is -0.378 e. The Kier molecular flexibility index (Phi) is 4.77. The third kappa shape index (κ3) is 3.61. The first kappa shape index (κ1) is 10.8. The van der Waals surface area contributed by atoms with Crippen LogP contribution in [-0.4, -0.2) is 44.8 Å². The quantitative estimate of drug-likeness (QED) is 0.274. The number of hydrogen-bond acceptors (Lipinski definition) is 4. The van der Waals surface area contributed by atoms with Gasteiger partial charge in [-0.05, 0) is 5.53 Å². The predicted octanol–water partition coefficient (Wildman–Crippen LogP) is -0.599. The number of carbonyl (C=O) groups is 1. The number of rotatable bonds is 4. The Morgan fingerprint density at radius 3 is 3.29 bits per heavy atom. The van der Waals surface area contributed by atoms with Crippen LogP contribution in [0.5, 0.6) is 0 Å². The maximum absolute atomic E-state index is 11.4. The third-order valence-electron chi connectivity index (χ3n) is 1.81. The van der Waals surface area contributed by atoms with Crippen LogP contribution in [0.15, 0.2) is 5.11 Å². The van der Waals surface area contributed by atoms with E-state index in [-0.39, 0.29) is 18.5 Å². The van der Waals surface area contributed by atoms with Gasteiger partial charge in [-0.25, -0.2) is 0 Å². The van der Waals surface area contributed by atoms with E-state index in [1.54, 1.807) is 0 Å². The number of nitrogens with zero attached hydrogens (tertiary/aromatic N) is 3. The van der Waals surface area contributed by atoms with Gasteiger partial charge in [-0.15, -0.1) is 0 Å². The van der Waals surface area contributed by atoms with Gasteiger partial charge in [-0.2, -0.15) is 0 Å². The van der Waals surface area contributed by atoms with Crippen LogP contribution in [0.1, 0.15) is 0 Å². The van der Waals surface area contributed by atoms with Crippen LogP contribution in [0.4, 0.5) is 0 Å². The van der Waals surface area contributed by atoms with E-state index in [1.807, 2.05) is 0 Å². The molecule has 0 spiro atoms. The van der Waals surface area contributed by atoms with Gasteiger partial charge < -0.3 is 15.4 Å². The molecule has 1 fully saturated rings. The highest BCUT2D eigenvalue weighted by Crippen LogP contribution is 1.92. The molecule has 1 saturated heterocycles. The van der Waals surface area contributed by atoms with Crippen LogP contribution in [-0.2, 0) is 9.53 Å². The topological polar surface area (TPSA) is 99.1 Å². The number of azide groups is 1. The Hall–Kier alpha value is -1.30. The van der Waals surface area contributed by atoms with Gasteiger partial charge in [0.1, 0.15) is 6.04 Å². The molecule has 1 aliphatic heterocycles. The fraction of sp³-hybridized carbons (Fsp3) is 0.857. The fourth-order valence-corrected chi connectivity index (χ4v) is 1.13. The lowest BCUT2D eigenvalue weighted by Crippen LogP contribution is -2.51. The SMILES string of the molecule is [N-]=[N+]=NCCNC(=O)[C@H]1COCCN1. The number of nitrogens with one attached hydrogen (secondary N) is 2. The Morgan fingerprint density at radius 2 is 2.64 bits per heavy atom. The second-order valence-corrected chi connectivity index (χ2v) is 2.83. The van der Waals surface area contributed by atoms with E-state index >= 15 is 0 Å². The van der Waals surface area contributed by atoms with E-state index in [0.717, 1.165) is 0 Å². The lowest BCUT2D eigenvalue weighted by atomic mass is 10.2. The van der Waals surface area contributed by atoms with Crippen LogP contribution in [0.3, 0.4) is 0 Å². The highest BCUT2D eigenvalue weighted by molar-refractivity contribution is 5.81. The van der Waals surface area contributed by atoms with E-state index in [9.17, 15) is 4.79 Å². The summed E-state index contributed by atoms with van der Waals surface area (Å²) in [5, 5.41) is 8.96. The summed E-state index contributed by atoms with van der Waals surface area (Å²) in [5.41, 5.74) is 7.99. The van der Waals surface area contributed by atoms with Crippen LogP contribution >= 0.6 is 0 Å². The first-order valence-corrected chi connectivity index (χ1v) is 4.44. The molecule has 0 unspecified atom stereocenters. The van der Waals surface area contributed by atoms with E-state index in [0.29, 0.717) is 26.3 Å². The van der Waals surface area contributed by atoms with Crippen molar-refractivity contribution in [3.63, 3.8) is 0 Å². The van der Waals surface area contributed by atoms with Crippen molar-refractivity contribution >= 4 is 5.91 Å². The molecule has 0 aliphatic carbocycles. The number of amides is 1. The lowest BCUT2D eigenvalue weighted by Gasteiger charge is -2.22. The molecule has 78 valence electrons. The average Bonchev–Trinajstić information content (AvgIpc) is 2.25. The lowest BCUT2D eigenvalue weighted by molar-refractivity contribution is -0.125.